The molecule has 2 saturated heterocycles. The van der Waals surface area contributed by atoms with Gasteiger partial charge in [-0.1, -0.05) is 13.8 Å². The van der Waals surface area contributed by atoms with Gasteiger partial charge in [0.25, 0.3) is 0 Å². The number of carboxylic acid groups (broad SMARTS) is 1. The molecular formula is C12H20N2O3S. The third-order valence-electron chi connectivity index (χ3n) is 3.89. The number of thioether (sulfide) groups is 1. The molecule has 6 heteroatoms. The molecule has 2 rings (SSSR count). The van der Waals surface area contributed by atoms with Crippen LogP contribution in [-0.4, -0.2) is 52.1 Å². The van der Waals surface area contributed by atoms with E-state index in [4.69, 9.17) is 0 Å². The van der Waals surface area contributed by atoms with Crippen molar-refractivity contribution in [3.05, 3.63) is 0 Å². The summed E-state index contributed by atoms with van der Waals surface area (Å²) in [6.07, 6.45) is 0.801. The van der Waals surface area contributed by atoms with Gasteiger partial charge in [-0.2, -0.15) is 0 Å². The number of carboxylic acids is 1. The van der Waals surface area contributed by atoms with Crippen LogP contribution in [0.4, 0.5) is 0 Å². The quantitative estimate of drug-likeness (QED) is 0.784. The van der Waals surface area contributed by atoms with Gasteiger partial charge in [0.1, 0.15) is 6.04 Å². The van der Waals surface area contributed by atoms with Crippen LogP contribution in [0, 0.1) is 11.8 Å². The Kier molecular flexibility index (Phi) is 4.17. The van der Waals surface area contributed by atoms with Crippen LogP contribution in [0.15, 0.2) is 0 Å². The highest BCUT2D eigenvalue weighted by Crippen LogP contribution is 2.34. The van der Waals surface area contributed by atoms with Gasteiger partial charge >= 0.3 is 5.97 Å². The van der Waals surface area contributed by atoms with E-state index in [2.05, 4.69) is 5.32 Å². The fourth-order valence-corrected chi connectivity index (χ4v) is 3.82. The number of carbonyl (C=O) groups excluding carboxylic acids is 1. The highest BCUT2D eigenvalue weighted by atomic mass is 32.2. The SMILES string of the molecule is CCC1SCC(C(=O)O)N1C(=O)C(C)C1CNC1. The summed E-state index contributed by atoms with van der Waals surface area (Å²) in [7, 11) is 0. The molecule has 0 aromatic carbocycles. The number of rotatable bonds is 4. The first kappa shape index (κ1) is 13.7. The van der Waals surface area contributed by atoms with Crippen molar-refractivity contribution in [3.63, 3.8) is 0 Å². The highest BCUT2D eigenvalue weighted by Gasteiger charge is 2.43. The maximum absolute atomic E-state index is 12.5. The number of hydrogen-bond acceptors (Lipinski definition) is 4. The summed E-state index contributed by atoms with van der Waals surface area (Å²) in [6, 6.07) is -0.650. The van der Waals surface area contributed by atoms with E-state index in [1.165, 1.54) is 0 Å². The molecule has 0 aromatic heterocycles. The molecule has 0 aliphatic carbocycles. The zero-order valence-corrected chi connectivity index (χ0v) is 11.6. The summed E-state index contributed by atoms with van der Waals surface area (Å²) in [5.74, 6) is -0.0951. The lowest BCUT2D eigenvalue weighted by Crippen LogP contribution is -2.54. The summed E-state index contributed by atoms with van der Waals surface area (Å²) in [5, 5.41) is 12.4. The highest BCUT2D eigenvalue weighted by molar-refractivity contribution is 8.00. The largest absolute Gasteiger partial charge is 0.480 e. The van der Waals surface area contributed by atoms with E-state index >= 15 is 0 Å². The van der Waals surface area contributed by atoms with Gasteiger partial charge in [0.15, 0.2) is 0 Å². The van der Waals surface area contributed by atoms with Crippen LogP contribution < -0.4 is 5.32 Å². The number of hydrogen-bond donors (Lipinski definition) is 2. The summed E-state index contributed by atoms with van der Waals surface area (Å²) in [5.41, 5.74) is 0. The normalized spacial score (nSPS) is 30.0. The molecule has 0 saturated carbocycles. The Morgan fingerprint density at radius 1 is 1.50 bits per heavy atom. The first-order valence-electron chi connectivity index (χ1n) is 6.43. The molecule has 3 unspecified atom stereocenters. The molecule has 0 aromatic rings. The van der Waals surface area contributed by atoms with Crippen molar-refractivity contribution in [1.29, 1.82) is 0 Å². The van der Waals surface area contributed by atoms with Crippen molar-refractivity contribution in [2.24, 2.45) is 11.8 Å². The van der Waals surface area contributed by atoms with Gasteiger partial charge < -0.3 is 15.3 Å². The smallest absolute Gasteiger partial charge is 0.327 e. The van der Waals surface area contributed by atoms with E-state index in [1.54, 1.807) is 16.7 Å². The van der Waals surface area contributed by atoms with Crippen LogP contribution in [0.1, 0.15) is 20.3 Å². The minimum absolute atomic E-state index is 0.00532. The van der Waals surface area contributed by atoms with E-state index in [9.17, 15) is 14.7 Å². The second kappa shape index (κ2) is 5.48. The number of aliphatic carboxylic acids is 1. The summed E-state index contributed by atoms with van der Waals surface area (Å²) in [6.45, 7) is 5.64. The Morgan fingerprint density at radius 3 is 2.61 bits per heavy atom. The second-order valence-corrected chi connectivity index (χ2v) is 6.21. The second-order valence-electron chi connectivity index (χ2n) is 5.00. The van der Waals surface area contributed by atoms with Crippen molar-refractivity contribution in [1.82, 2.24) is 10.2 Å². The van der Waals surface area contributed by atoms with Gasteiger partial charge in [-0.05, 0) is 25.4 Å². The third kappa shape index (κ3) is 2.36. The number of nitrogens with one attached hydrogen (secondary N) is 1. The number of amides is 1. The van der Waals surface area contributed by atoms with E-state index in [0.717, 1.165) is 19.5 Å². The van der Waals surface area contributed by atoms with Crippen molar-refractivity contribution in [3.8, 4) is 0 Å². The maximum Gasteiger partial charge on any atom is 0.327 e. The lowest BCUT2D eigenvalue weighted by atomic mass is 9.87. The summed E-state index contributed by atoms with van der Waals surface area (Å²) >= 11 is 1.58. The molecule has 2 N–H and O–H groups in total. The average Bonchev–Trinajstić information content (AvgIpc) is 2.68. The Morgan fingerprint density at radius 2 is 2.17 bits per heavy atom. The van der Waals surface area contributed by atoms with Crippen LogP contribution in [0.2, 0.25) is 0 Å². The first-order valence-corrected chi connectivity index (χ1v) is 7.48. The lowest BCUT2D eigenvalue weighted by Gasteiger charge is -2.36. The van der Waals surface area contributed by atoms with E-state index in [1.807, 2.05) is 13.8 Å². The molecule has 0 spiro atoms. The standard InChI is InChI=1S/C12H20N2O3S/c1-3-10-14(9(6-18-10)12(16)17)11(15)7(2)8-4-13-5-8/h7-10,13H,3-6H2,1-2H3,(H,16,17). The first-order chi connectivity index (χ1) is 8.56. The zero-order chi connectivity index (χ0) is 13.3. The van der Waals surface area contributed by atoms with Crippen molar-refractivity contribution >= 4 is 23.6 Å². The molecule has 2 heterocycles. The minimum Gasteiger partial charge on any atom is -0.480 e. The van der Waals surface area contributed by atoms with Crippen LogP contribution in [0.5, 0.6) is 0 Å². The molecule has 3 atom stereocenters. The molecule has 0 bridgehead atoms. The van der Waals surface area contributed by atoms with Crippen molar-refractivity contribution in [2.75, 3.05) is 18.8 Å². The summed E-state index contributed by atoms with van der Waals surface area (Å²) in [4.78, 5) is 25.3. The van der Waals surface area contributed by atoms with Gasteiger partial charge in [-0.3, -0.25) is 4.79 Å². The molecule has 5 nitrogen and oxygen atoms in total. The Labute approximate surface area is 111 Å². The molecule has 2 aliphatic rings. The summed E-state index contributed by atoms with van der Waals surface area (Å²) < 4.78 is 0. The maximum atomic E-state index is 12.5. The zero-order valence-electron chi connectivity index (χ0n) is 10.8. The fraction of sp³-hybridized carbons (Fsp3) is 0.833. The van der Waals surface area contributed by atoms with E-state index < -0.39 is 12.0 Å². The van der Waals surface area contributed by atoms with E-state index in [0.29, 0.717) is 11.7 Å². The fourth-order valence-electron chi connectivity index (χ4n) is 2.47. The van der Waals surface area contributed by atoms with Crippen molar-refractivity contribution < 1.29 is 14.7 Å². The molecule has 1 amide bonds. The van der Waals surface area contributed by atoms with Gasteiger partial charge in [0, 0.05) is 11.7 Å². The average molecular weight is 272 g/mol. The van der Waals surface area contributed by atoms with Gasteiger partial charge in [0.2, 0.25) is 5.91 Å². The van der Waals surface area contributed by atoms with E-state index in [-0.39, 0.29) is 17.2 Å². The van der Waals surface area contributed by atoms with Crippen LogP contribution in [0.3, 0.4) is 0 Å². The lowest BCUT2D eigenvalue weighted by molar-refractivity contribution is -0.151. The number of carbonyl (C=O) groups is 2. The minimum atomic E-state index is -0.884. The van der Waals surface area contributed by atoms with Crippen LogP contribution in [0.25, 0.3) is 0 Å². The molecule has 18 heavy (non-hydrogen) atoms. The topological polar surface area (TPSA) is 69.6 Å². The Balaban J connectivity index is 2.10. The molecule has 0 radical (unpaired) electrons. The Bertz CT molecular complexity index is 346. The Hall–Kier alpha value is -0.750. The number of nitrogens with zero attached hydrogens (tertiary/aromatic N) is 1. The van der Waals surface area contributed by atoms with Crippen molar-refractivity contribution in [2.45, 2.75) is 31.7 Å². The third-order valence-corrected chi connectivity index (χ3v) is 5.34. The van der Waals surface area contributed by atoms with Gasteiger partial charge in [-0.15, -0.1) is 11.8 Å². The predicted octanol–water partition coefficient (Wildman–Crippen LogP) is 0.607. The van der Waals surface area contributed by atoms with Gasteiger partial charge in [-0.25, -0.2) is 4.79 Å². The van der Waals surface area contributed by atoms with Crippen LogP contribution in [-0.2, 0) is 9.59 Å². The van der Waals surface area contributed by atoms with Crippen LogP contribution >= 0.6 is 11.8 Å². The monoisotopic (exact) mass is 272 g/mol. The molecule has 102 valence electrons. The molecule has 2 aliphatic heterocycles. The molecule has 2 fully saturated rings. The predicted molar refractivity (Wildman–Crippen MR) is 70.3 cm³/mol. The van der Waals surface area contributed by atoms with Gasteiger partial charge in [0.05, 0.1) is 5.37 Å². The molecular weight excluding hydrogens is 252 g/mol.